The summed E-state index contributed by atoms with van der Waals surface area (Å²) in [6, 6.07) is 6.76. The Morgan fingerprint density at radius 1 is 1.33 bits per heavy atom. The molecule has 1 aromatic rings. The predicted octanol–water partition coefficient (Wildman–Crippen LogP) is 3.06. The highest BCUT2D eigenvalue weighted by Crippen LogP contribution is 2.39. The molecule has 18 heavy (non-hydrogen) atoms. The summed E-state index contributed by atoms with van der Waals surface area (Å²) < 4.78 is 13.2. The lowest BCUT2D eigenvalue weighted by molar-refractivity contribution is 0.0506. The molecule has 0 radical (unpaired) electrons. The average Bonchev–Trinajstić information content (AvgIpc) is 2.38. The largest absolute Gasteiger partial charge is 0.396 e. The minimum Gasteiger partial charge on any atom is -0.396 e. The van der Waals surface area contributed by atoms with Crippen LogP contribution < -0.4 is 4.90 Å². The van der Waals surface area contributed by atoms with Crippen LogP contribution in [0.4, 0.5) is 10.1 Å². The topological polar surface area (TPSA) is 23.5 Å². The molecule has 1 aliphatic rings. The maximum atomic E-state index is 13.2. The Bertz CT molecular complexity index is 397. The van der Waals surface area contributed by atoms with Crippen LogP contribution in [0.5, 0.6) is 0 Å². The van der Waals surface area contributed by atoms with Gasteiger partial charge in [-0.1, -0.05) is 19.9 Å². The Hall–Kier alpha value is -1.09. The molecule has 3 heteroatoms. The SMILES string of the molecule is CC(C)C1(CO)CCN(c2cccc(F)c2)CC1. The third-order valence-electron chi connectivity index (χ3n) is 4.47. The van der Waals surface area contributed by atoms with Gasteiger partial charge in [0.25, 0.3) is 0 Å². The number of anilines is 1. The monoisotopic (exact) mass is 251 g/mol. The quantitative estimate of drug-likeness (QED) is 0.892. The number of halogens is 1. The first-order valence-corrected chi connectivity index (χ1v) is 6.69. The molecule has 100 valence electrons. The van der Waals surface area contributed by atoms with Gasteiger partial charge in [0.15, 0.2) is 0 Å². The van der Waals surface area contributed by atoms with E-state index in [0.717, 1.165) is 31.6 Å². The van der Waals surface area contributed by atoms with Crippen molar-refractivity contribution < 1.29 is 9.50 Å². The number of aliphatic hydroxyl groups excluding tert-OH is 1. The fourth-order valence-electron chi connectivity index (χ4n) is 2.80. The van der Waals surface area contributed by atoms with Crippen molar-refractivity contribution in [2.45, 2.75) is 26.7 Å². The van der Waals surface area contributed by atoms with E-state index in [-0.39, 0.29) is 17.8 Å². The third kappa shape index (κ3) is 2.51. The zero-order valence-electron chi connectivity index (χ0n) is 11.2. The van der Waals surface area contributed by atoms with Crippen molar-refractivity contribution >= 4 is 5.69 Å². The molecular formula is C15H22FNO. The Kier molecular flexibility index (Phi) is 3.91. The average molecular weight is 251 g/mol. The van der Waals surface area contributed by atoms with E-state index in [1.54, 1.807) is 12.1 Å². The van der Waals surface area contributed by atoms with Crippen molar-refractivity contribution in [2.24, 2.45) is 11.3 Å². The summed E-state index contributed by atoms with van der Waals surface area (Å²) in [5.74, 6) is 0.299. The highest BCUT2D eigenvalue weighted by Gasteiger charge is 2.36. The zero-order valence-corrected chi connectivity index (χ0v) is 11.2. The molecule has 1 aliphatic heterocycles. The lowest BCUT2D eigenvalue weighted by Gasteiger charge is -2.44. The van der Waals surface area contributed by atoms with Crippen LogP contribution in [0.15, 0.2) is 24.3 Å². The van der Waals surface area contributed by atoms with E-state index < -0.39 is 0 Å². The molecule has 2 rings (SSSR count). The van der Waals surface area contributed by atoms with Crippen LogP contribution in [0.2, 0.25) is 0 Å². The Labute approximate surface area is 108 Å². The lowest BCUT2D eigenvalue weighted by atomic mass is 9.70. The molecule has 0 amide bonds. The highest BCUT2D eigenvalue weighted by atomic mass is 19.1. The summed E-state index contributed by atoms with van der Waals surface area (Å²) in [5.41, 5.74) is 0.995. The van der Waals surface area contributed by atoms with Crippen molar-refractivity contribution in [2.75, 3.05) is 24.6 Å². The first kappa shape index (κ1) is 13.3. The van der Waals surface area contributed by atoms with Gasteiger partial charge in [-0.25, -0.2) is 4.39 Å². The number of hydrogen-bond donors (Lipinski definition) is 1. The van der Waals surface area contributed by atoms with E-state index in [2.05, 4.69) is 18.7 Å². The molecule has 0 aliphatic carbocycles. The normalized spacial score (nSPS) is 19.3. The van der Waals surface area contributed by atoms with Gasteiger partial charge in [0, 0.05) is 25.4 Å². The minimum atomic E-state index is -0.185. The first-order valence-electron chi connectivity index (χ1n) is 6.69. The number of benzene rings is 1. The van der Waals surface area contributed by atoms with E-state index >= 15 is 0 Å². The zero-order chi connectivity index (χ0) is 13.2. The Morgan fingerprint density at radius 2 is 2.00 bits per heavy atom. The van der Waals surface area contributed by atoms with Gasteiger partial charge in [0.05, 0.1) is 0 Å². The molecule has 1 saturated heterocycles. The van der Waals surface area contributed by atoms with E-state index in [0.29, 0.717) is 5.92 Å². The summed E-state index contributed by atoms with van der Waals surface area (Å²) in [6.07, 6.45) is 1.94. The number of aliphatic hydroxyl groups is 1. The fraction of sp³-hybridized carbons (Fsp3) is 0.600. The maximum Gasteiger partial charge on any atom is 0.125 e. The molecule has 0 bridgehead atoms. The van der Waals surface area contributed by atoms with Gasteiger partial charge in [-0.3, -0.25) is 0 Å². The van der Waals surface area contributed by atoms with Gasteiger partial charge in [0.2, 0.25) is 0 Å². The second-order valence-corrected chi connectivity index (χ2v) is 5.64. The van der Waals surface area contributed by atoms with Gasteiger partial charge in [0.1, 0.15) is 5.82 Å². The van der Waals surface area contributed by atoms with Crippen molar-refractivity contribution in [3.05, 3.63) is 30.1 Å². The molecule has 2 nitrogen and oxygen atoms in total. The van der Waals surface area contributed by atoms with E-state index in [9.17, 15) is 9.50 Å². The smallest absolute Gasteiger partial charge is 0.125 e. The summed E-state index contributed by atoms with van der Waals surface area (Å²) >= 11 is 0. The Balaban J connectivity index is 2.06. The molecule has 1 N–H and O–H groups in total. The van der Waals surface area contributed by atoms with Crippen LogP contribution >= 0.6 is 0 Å². The second-order valence-electron chi connectivity index (χ2n) is 5.64. The molecule has 1 heterocycles. The predicted molar refractivity (Wildman–Crippen MR) is 72.2 cm³/mol. The second kappa shape index (κ2) is 5.27. The summed E-state index contributed by atoms with van der Waals surface area (Å²) in [5, 5.41) is 9.63. The number of piperidine rings is 1. The molecule has 0 unspecified atom stereocenters. The van der Waals surface area contributed by atoms with Gasteiger partial charge >= 0.3 is 0 Å². The summed E-state index contributed by atoms with van der Waals surface area (Å²) in [6.45, 7) is 6.38. The van der Waals surface area contributed by atoms with Gasteiger partial charge < -0.3 is 10.0 Å². The van der Waals surface area contributed by atoms with Crippen molar-refractivity contribution in [1.29, 1.82) is 0 Å². The molecule has 0 spiro atoms. The first-order chi connectivity index (χ1) is 8.57. The third-order valence-corrected chi connectivity index (χ3v) is 4.47. The van der Waals surface area contributed by atoms with Crippen LogP contribution in [-0.4, -0.2) is 24.8 Å². The van der Waals surface area contributed by atoms with Crippen LogP contribution in [-0.2, 0) is 0 Å². The van der Waals surface area contributed by atoms with E-state index in [1.165, 1.54) is 6.07 Å². The standard InChI is InChI=1S/C15H22FNO/c1-12(2)15(11-18)6-8-17(9-7-15)14-5-3-4-13(16)10-14/h3-5,10,12,18H,6-9,11H2,1-2H3. The minimum absolute atomic E-state index is 0.0455. The van der Waals surface area contributed by atoms with Crippen molar-refractivity contribution in [3.8, 4) is 0 Å². The number of nitrogens with zero attached hydrogens (tertiary/aromatic N) is 1. The van der Waals surface area contributed by atoms with Crippen LogP contribution in [0.1, 0.15) is 26.7 Å². The van der Waals surface area contributed by atoms with Gasteiger partial charge in [-0.2, -0.15) is 0 Å². The fourth-order valence-corrected chi connectivity index (χ4v) is 2.80. The number of rotatable bonds is 3. The molecule has 0 saturated carbocycles. The van der Waals surface area contributed by atoms with Crippen molar-refractivity contribution in [1.82, 2.24) is 0 Å². The molecule has 1 aromatic carbocycles. The molecular weight excluding hydrogens is 229 g/mol. The lowest BCUT2D eigenvalue weighted by Crippen LogP contribution is -2.44. The van der Waals surface area contributed by atoms with Gasteiger partial charge in [-0.15, -0.1) is 0 Å². The van der Waals surface area contributed by atoms with Crippen LogP contribution in [0.3, 0.4) is 0 Å². The molecule has 0 aromatic heterocycles. The number of hydrogen-bond acceptors (Lipinski definition) is 2. The van der Waals surface area contributed by atoms with Crippen LogP contribution in [0, 0.1) is 17.2 Å². The Morgan fingerprint density at radius 3 is 2.50 bits per heavy atom. The summed E-state index contributed by atoms with van der Waals surface area (Å²) in [7, 11) is 0. The molecule has 0 atom stereocenters. The highest BCUT2D eigenvalue weighted by molar-refractivity contribution is 5.46. The van der Waals surface area contributed by atoms with Crippen LogP contribution in [0.25, 0.3) is 0 Å². The van der Waals surface area contributed by atoms with E-state index in [4.69, 9.17) is 0 Å². The van der Waals surface area contributed by atoms with E-state index in [1.807, 2.05) is 6.07 Å². The van der Waals surface area contributed by atoms with Gasteiger partial charge in [-0.05, 0) is 42.4 Å². The maximum absolute atomic E-state index is 13.2. The summed E-state index contributed by atoms with van der Waals surface area (Å²) in [4.78, 5) is 2.21. The van der Waals surface area contributed by atoms with Crippen molar-refractivity contribution in [3.63, 3.8) is 0 Å². The molecule has 1 fully saturated rings.